The Balaban J connectivity index is 2.86. The first kappa shape index (κ1) is 12.7. The molecule has 90 valence electrons. The van der Waals surface area contributed by atoms with Crippen LogP contribution in [0.1, 0.15) is 31.7 Å². The van der Waals surface area contributed by atoms with Crippen LogP contribution in [0, 0.1) is 19.3 Å². The van der Waals surface area contributed by atoms with Gasteiger partial charge in [-0.05, 0) is 27.2 Å². The van der Waals surface area contributed by atoms with Crippen LogP contribution in [0.15, 0.2) is 0 Å². The SMILES string of the molecule is CCC(C)(CN)C(=O)Nc1c(C)n[nH]c1C. The van der Waals surface area contributed by atoms with Crippen molar-refractivity contribution in [2.24, 2.45) is 11.1 Å². The fourth-order valence-electron chi connectivity index (χ4n) is 1.40. The average molecular weight is 224 g/mol. The summed E-state index contributed by atoms with van der Waals surface area (Å²) in [6.45, 7) is 7.89. The molecule has 0 aliphatic heterocycles. The minimum atomic E-state index is -0.518. The Morgan fingerprint density at radius 1 is 1.56 bits per heavy atom. The molecule has 0 spiro atoms. The highest BCUT2D eigenvalue weighted by molar-refractivity contribution is 5.96. The number of nitrogens with one attached hydrogen (secondary N) is 2. The number of rotatable bonds is 4. The lowest BCUT2D eigenvalue weighted by Crippen LogP contribution is -2.39. The molecule has 0 radical (unpaired) electrons. The molecule has 0 aliphatic rings. The molecule has 4 N–H and O–H groups in total. The number of anilines is 1. The van der Waals surface area contributed by atoms with E-state index in [0.717, 1.165) is 17.1 Å². The third-order valence-electron chi connectivity index (χ3n) is 3.15. The minimum absolute atomic E-state index is 0.0508. The molecular formula is C11H20N4O. The van der Waals surface area contributed by atoms with Crippen molar-refractivity contribution in [3.63, 3.8) is 0 Å². The molecule has 0 aliphatic carbocycles. The number of aryl methyl sites for hydroxylation is 2. The highest BCUT2D eigenvalue weighted by Crippen LogP contribution is 2.24. The predicted octanol–water partition coefficient (Wildman–Crippen LogP) is 1.34. The van der Waals surface area contributed by atoms with Crippen LogP contribution in [0.2, 0.25) is 0 Å². The summed E-state index contributed by atoms with van der Waals surface area (Å²) in [6.07, 6.45) is 0.714. The second-order valence-corrected chi connectivity index (χ2v) is 4.38. The Morgan fingerprint density at radius 3 is 2.56 bits per heavy atom. The molecule has 16 heavy (non-hydrogen) atoms. The summed E-state index contributed by atoms with van der Waals surface area (Å²) in [4.78, 5) is 12.1. The van der Waals surface area contributed by atoms with Gasteiger partial charge >= 0.3 is 0 Å². The summed E-state index contributed by atoms with van der Waals surface area (Å²) >= 11 is 0. The number of nitrogens with zero attached hydrogens (tertiary/aromatic N) is 1. The number of aromatic amines is 1. The van der Waals surface area contributed by atoms with E-state index in [-0.39, 0.29) is 5.91 Å². The molecule has 1 rings (SSSR count). The summed E-state index contributed by atoms with van der Waals surface area (Å²) in [5.41, 5.74) is 7.54. The third-order valence-corrected chi connectivity index (χ3v) is 3.15. The molecule has 5 heteroatoms. The number of carbonyl (C=O) groups is 1. The predicted molar refractivity (Wildman–Crippen MR) is 64.1 cm³/mol. The summed E-state index contributed by atoms with van der Waals surface area (Å²) in [6, 6.07) is 0. The van der Waals surface area contributed by atoms with Crippen LogP contribution in [0.3, 0.4) is 0 Å². The van der Waals surface area contributed by atoms with Gasteiger partial charge in [-0.15, -0.1) is 0 Å². The first-order valence-electron chi connectivity index (χ1n) is 5.47. The van der Waals surface area contributed by atoms with E-state index in [0.29, 0.717) is 13.0 Å². The summed E-state index contributed by atoms with van der Waals surface area (Å²) in [7, 11) is 0. The minimum Gasteiger partial charge on any atom is -0.329 e. The molecule has 1 heterocycles. The average Bonchev–Trinajstić information content (AvgIpc) is 2.59. The van der Waals surface area contributed by atoms with Gasteiger partial charge in [0.25, 0.3) is 0 Å². The van der Waals surface area contributed by atoms with Gasteiger partial charge in [0.15, 0.2) is 0 Å². The van der Waals surface area contributed by atoms with Gasteiger partial charge in [0.05, 0.1) is 22.5 Å². The van der Waals surface area contributed by atoms with E-state index in [1.807, 2.05) is 27.7 Å². The van der Waals surface area contributed by atoms with Crippen molar-refractivity contribution in [1.29, 1.82) is 0 Å². The molecule has 1 atom stereocenters. The summed E-state index contributed by atoms with van der Waals surface area (Å²) in [5.74, 6) is -0.0508. The molecule has 0 saturated carbocycles. The van der Waals surface area contributed by atoms with E-state index in [1.54, 1.807) is 0 Å². The van der Waals surface area contributed by atoms with Gasteiger partial charge in [-0.3, -0.25) is 9.89 Å². The molecule has 5 nitrogen and oxygen atoms in total. The second-order valence-electron chi connectivity index (χ2n) is 4.38. The molecule has 0 aromatic carbocycles. The van der Waals surface area contributed by atoms with Gasteiger partial charge in [0.1, 0.15) is 0 Å². The Morgan fingerprint density at radius 2 is 2.19 bits per heavy atom. The van der Waals surface area contributed by atoms with Crippen molar-refractivity contribution in [3.05, 3.63) is 11.4 Å². The number of nitrogens with two attached hydrogens (primary N) is 1. The molecular weight excluding hydrogens is 204 g/mol. The smallest absolute Gasteiger partial charge is 0.231 e. The van der Waals surface area contributed by atoms with E-state index in [1.165, 1.54) is 0 Å². The number of aromatic nitrogens is 2. The zero-order chi connectivity index (χ0) is 12.3. The van der Waals surface area contributed by atoms with Gasteiger partial charge in [0.2, 0.25) is 5.91 Å². The van der Waals surface area contributed by atoms with Crippen molar-refractivity contribution >= 4 is 11.6 Å². The zero-order valence-corrected chi connectivity index (χ0v) is 10.3. The Bertz CT molecular complexity index is 360. The first-order chi connectivity index (χ1) is 7.44. The maximum Gasteiger partial charge on any atom is 0.231 e. The zero-order valence-electron chi connectivity index (χ0n) is 10.3. The second kappa shape index (κ2) is 4.65. The Labute approximate surface area is 95.8 Å². The largest absolute Gasteiger partial charge is 0.329 e. The van der Waals surface area contributed by atoms with E-state index in [2.05, 4.69) is 15.5 Å². The van der Waals surface area contributed by atoms with E-state index in [9.17, 15) is 4.79 Å². The van der Waals surface area contributed by atoms with Crippen LogP contribution >= 0.6 is 0 Å². The van der Waals surface area contributed by atoms with E-state index >= 15 is 0 Å². The van der Waals surface area contributed by atoms with Crippen LogP contribution in [0.25, 0.3) is 0 Å². The van der Waals surface area contributed by atoms with Gasteiger partial charge < -0.3 is 11.1 Å². The van der Waals surface area contributed by atoms with Gasteiger partial charge in [-0.25, -0.2) is 0 Å². The molecule has 1 amide bonds. The Hall–Kier alpha value is -1.36. The highest BCUT2D eigenvalue weighted by Gasteiger charge is 2.30. The fraction of sp³-hybridized carbons (Fsp3) is 0.636. The van der Waals surface area contributed by atoms with Crippen molar-refractivity contribution in [3.8, 4) is 0 Å². The van der Waals surface area contributed by atoms with Gasteiger partial charge in [-0.1, -0.05) is 6.92 Å². The number of H-pyrrole nitrogens is 1. The van der Waals surface area contributed by atoms with Gasteiger partial charge in [0, 0.05) is 6.54 Å². The van der Waals surface area contributed by atoms with Crippen LogP contribution in [0.5, 0.6) is 0 Å². The number of amides is 1. The lowest BCUT2D eigenvalue weighted by molar-refractivity contribution is -0.124. The molecule has 0 fully saturated rings. The van der Waals surface area contributed by atoms with Crippen molar-refractivity contribution in [2.75, 3.05) is 11.9 Å². The summed E-state index contributed by atoms with van der Waals surface area (Å²) in [5, 5.41) is 9.75. The number of carbonyl (C=O) groups excluding carboxylic acids is 1. The molecule has 1 aromatic rings. The summed E-state index contributed by atoms with van der Waals surface area (Å²) < 4.78 is 0. The maximum absolute atomic E-state index is 12.1. The van der Waals surface area contributed by atoms with Crippen LogP contribution in [-0.2, 0) is 4.79 Å². The maximum atomic E-state index is 12.1. The lowest BCUT2D eigenvalue weighted by atomic mass is 9.86. The van der Waals surface area contributed by atoms with Gasteiger partial charge in [-0.2, -0.15) is 5.10 Å². The quantitative estimate of drug-likeness (QED) is 0.721. The van der Waals surface area contributed by atoms with Crippen LogP contribution in [-0.4, -0.2) is 22.6 Å². The highest BCUT2D eigenvalue weighted by atomic mass is 16.2. The van der Waals surface area contributed by atoms with E-state index < -0.39 is 5.41 Å². The monoisotopic (exact) mass is 224 g/mol. The van der Waals surface area contributed by atoms with Crippen molar-refractivity contribution in [1.82, 2.24) is 10.2 Å². The van der Waals surface area contributed by atoms with Crippen LogP contribution in [0.4, 0.5) is 5.69 Å². The standard InChI is InChI=1S/C11H20N4O/c1-5-11(4,6-12)10(16)13-9-7(2)14-15-8(9)3/h5-6,12H2,1-4H3,(H,13,16)(H,14,15). The van der Waals surface area contributed by atoms with Crippen molar-refractivity contribution < 1.29 is 4.79 Å². The van der Waals surface area contributed by atoms with Crippen molar-refractivity contribution in [2.45, 2.75) is 34.1 Å². The Kier molecular flexibility index (Phi) is 3.70. The first-order valence-corrected chi connectivity index (χ1v) is 5.47. The third kappa shape index (κ3) is 2.24. The van der Waals surface area contributed by atoms with Crippen LogP contribution < -0.4 is 11.1 Å². The topological polar surface area (TPSA) is 83.8 Å². The normalized spacial score (nSPS) is 14.6. The molecule has 1 aromatic heterocycles. The molecule has 0 saturated heterocycles. The lowest BCUT2D eigenvalue weighted by Gasteiger charge is -2.24. The van der Waals surface area contributed by atoms with E-state index in [4.69, 9.17) is 5.73 Å². The fourth-order valence-corrected chi connectivity index (χ4v) is 1.40. The number of hydrogen-bond acceptors (Lipinski definition) is 3. The molecule has 1 unspecified atom stereocenters. The number of hydrogen-bond donors (Lipinski definition) is 3. The molecule has 0 bridgehead atoms.